The molecule has 0 bridgehead atoms. The van der Waals surface area contributed by atoms with Crippen LogP contribution in [0.1, 0.15) is 7.43 Å². The van der Waals surface area contributed by atoms with Gasteiger partial charge in [-0.1, -0.05) is 371 Å². The third kappa shape index (κ3) is 13.8. The number of fused-ring (bicyclic) bond motifs is 6. The van der Waals surface area contributed by atoms with E-state index in [0.717, 1.165) is 112 Å². The standard InChI is InChI=1S/2C51H33N3S.CH4/c1-5-17-34(18-6-1)44-33-45(54-51(53-44)37-23-11-4-12-24-37)40-27-15-25-38(31-40)39-26-16-28-41(32-39)49-46(35-19-7-2-8-20-35)47-48(36-21-9-3-10-22-36)52-43-30-14-13-29-42(43)50(47)55-49;1-5-15-36(16-6-1)44-33-45(54-51(53-44)41-21-11-4-12-22-41)37-29-25-34(26-30-37)35-27-31-40(32-28-35)49-46(38-17-7-2-8-18-38)47-48(39-19-9-3-10-20-39)52-43-24-14-13-23-42(43)50(47)55-49;/h2*1-33H;1H4. The Morgan fingerprint density at radius 3 is 0.847 bits per heavy atom. The first kappa shape index (κ1) is 68.8. The smallest absolute Gasteiger partial charge is 0.160 e. The molecule has 6 aromatic heterocycles. The van der Waals surface area contributed by atoms with Crippen LogP contribution in [0.15, 0.2) is 400 Å². The lowest BCUT2D eigenvalue weighted by Crippen LogP contribution is -1.96. The van der Waals surface area contributed by atoms with E-state index in [0.29, 0.717) is 11.6 Å². The summed E-state index contributed by atoms with van der Waals surface area (Å²) >= 11 is 3.71. The molecule has 20 rings (SSSR count). The summed E-state index contributed by atoms with van der Waals surface area (Å²) in [6.07, 6.45) is 0. The van der Waals surface area contributed by atoms with Crippen molar-refractivity contribution in [3.05, 3.63) is 400 Å². The number of hydrogen-bond donors (Lipinski definition) is 0. The lowest BCUT2D eigenvalue weighted by molar-refractivity contribution is 1.18. The van der Waals surface area contributed by atoms with Gasteiger partial charge in [0.05, 0.1) is 45.2 Å². The maximum Gasteiger partial charge on any atom is 0.160 e. The van der Waals surface area contributed by atoms with Gasteiger partial charge in [-0.15, -0.1) is 22.7 Å². The summed E-state index contributed by atoms with van der Waals surface area (Å²) in [5, 5.41) is 4.74. The van der Waals surface area contributed by atoms with E-state index in [1.807, 2.05) is 95.5 Å². The maximum atomic E-state index is 5.32. The van der Waals surface area contributed by atoms with Gasteiger partial charge in [-0.2, -0.15) is 0 Å². The van der Waals surface area contributed by atoms with Crippen molar-refractivity contribution in [3.63, 3.8) is 0 Å². The van der Waals surface area contributed by atoms with Crippen molar-refractivity contribution < 1.29 is 0 Å². The highest BCUT2D eigenvalue weighted by Gasteiger charge is 2.26. The topological polar surface area (TPSA) is 77.3 Å². The molecule has 111 heavy (non-hydrogen) atoms. The Kier molecular flexibility index (Phi) is 19.0. The molecule has 0 amide bonds. The molecule has 0 saturated heterocycles. The van der Waals surface area contributed by atoms with Gasteiger partial charge in [0.2, 0.25) is 0 Å². The zero-order valence-electron chi connectivity index (χ0n) is 59.6. The molecule has 0 aliphatic heterocycles. The fraction of sp³-hybridized carbons (Fsp3) is 0.00971. The Hall–Kier alpha value is -14.0. The predicted octanol–water partition coefficient (Wildman–Crippen LogP) is 28.5. The van der Waals surface area contributed by atoms with Crippen molar-refractivity contribution in [2.45, 2.75) is 7.43 Å². The minimum absolute atomic E-state index is 0. The van der Waals surface area contributed by atoms with E-state index in [1.54, 1.807) is 0 Å². The Morgan fingerprint density at radius 2 is 0.450 bits per heavy atom. The molecule has 20 aromatic rings. The van der Waals surface area contributed by atoms with Gasteiger partial charge in [-0.25, -0.2) is 29.9 Å². The van der Waals surface area contributed by atoms with Crippen LogP contribution in [0.25, 0.3) is 198 Å². The van der Waals surface area contributed by atoms with Crippen molar-refractivity contribution in [2.24, 2.45) is 0 Å². The van der Waals surface area contributed by atoms with Crippen molar-refractivity contribution in [1.82, 2.24) is 29.9 Å². The molecule has 6 nitrogen and oxygen atoms in total. The summed E-state index contributed by atoms with van der Waals surface area (Å²) in [7, 11) is 0. The summed E-state index contributed by atoms with van der Waals surface area (Å²) in [6.45, 7) is 0. The first-order valence-electron chi connectivity index (χ1n) is 36.9. The van der Waals surface area contributed by atoms with Gasteiger partial charge in [-0.05, 0) is 80.9 Å². The average molecular weight is 1460 g/mol. The van der Waals surface area contributed by atoms with Gasteiger partial charge in [0.1, 0.15) is 0 Å². The lowest BCUT2D eigenvalue weighted by atomic mass is 9.93. The second-order valence-corrected chi connectivity index (χ2v) is 29.2. The number of benzene rings is 14. The van der Waals surface area contributed by atoms with Gasteiger partial charge >= 0.3 is 0 Å². The quantitative estimate of drug-likeness (QED) is 0.108. The number of aromatic nitrogens is 6. The third-order valence-corrected chi connectivity index (χ3v) is 22.7. The zero-order chi connectivity index (χ0) is 73.1. The summed E-state index contributed by atoms with van der Waals surface area (Å²) in [4.78, 5) is 33.2. The molecular weight excluding hydrogens is 1390 g/mol. The first-order chi connectivity index (χ1) is 54.5. The molecule has 0 saturated carbocycles. The van der Waals surface area contributed by atoms with Crippen LogP contribution < -0.4 is 0 Å². The Balaban J connectivity index is 0.000000154. The van der Waals surface area contributed by atoms with E-state index in [9.17, 15) is 0 Å². The molecule has 0 radical (unpaired) electrons. The number of pyridine rings is 2. The van der Waals surface area contributed by atoms with E-state index >= 15 is 0 Å². The Morgan fingerprint density at radius 1 is 0.180 bits per heavy atom. The van der Waals surface area contributed by atoms with Crippen LogP contribution in [-0.4, -0.2) is 29.9 Å². The largest absolute Gasteiger partial charge is 0.247 e. The van der Waals surface area contributed by atoms with E-state index in [1.165, 1.54) is 74.1 Å². The fourth-order valence-electron chi connectivity index (χ4n) is 14.8. The Labute approximate surface area is 653 Å². The molecule has 0 aliphatic carbocycles. The van der Waals surface area contributed by atoms with Crippen LogP contribution in [0.3, 0.4) is 0 Å². The van der Waals surface area contributed by atoms with Crippen LogP contribution >= 0.6 is 22.7 Å². The highest BCUT2D eigenvalue weighted by molar-refractivity contribution is 7.24. The highest BCUT2D eigenvalue weighted by atomic mass is 32.1. The van der Waals surface area contributed by atoms with Crippen LogP contribution in [0, 0.1) is 0 Å². The van der Waals surface area contributed by atoms with Gasteiger partial charge in [0.15, 0.2) is 11.6 Å². The van der Waals surface area contributed by atoms with E-state index in [4.69, 9.17) is 29.9 Å². The summed E-state index contributed by atoms with van der Waals surface area (Å²) in [6, 6.07) is 140. The number of hydrogen-bond acceptors (Lipinski definition) is 8. The number of nitrogens with zero attached hydrogens (tertiary/aromatic N) is 6. The van der Waals surface area contributed by atoms with Crippen LogP contribution in [0.4, 0.5) is 0 Å². The fourth-order valence-corrected chi connectivity index (χ4v) is 17.5. The second kappa shape index (κ2) is 30.7. The van der Waals surface area contributed by atoms with E-state index in [-0.39, 0.29) is 7.43 Å². The summed E-state index contributed by atoms with van der Waals surface area (Å²) in [5.41, 5.74) is 27.8. The predicted molar refractivity (Wildman–Crippen MR) is 468 cm³/mol. The molecule has 14 aromatic carbocycles. The minimum Gasteiger partial charge on any atom is -0.247 e. The van der Waals surface area contributed by atoms with Gasteiger partial charge in [-0.3, -0.25) is 0 Å². The molecule has 6 heterocycles. The second-order valence-electron chi connectivity index (χ2n) is 27.1. The highest BCUT2D eigenvalue weighted by Crippen LogP contribution is 2.53. The van der Waals surface area contributed by atoms with Gasteiger partial charge in [0, 0.05) is 96.3 Å². The zero-order valence-corrected chi connectivity index (χ0v) is 61.2. The number of rotatable bonds is 14. The normalized spacial score (nSPS) is 11.2. The molecule has 0 spiro atoms. The number of thiophene rings is 2. The lowest BCUT2D eigenvalue weighted by Gasteiger charge is -2.12. The third-order valence-electron chi connectivity index (χ3n) is 20.2. The molecule has 0 atom stereocenters. The SMILES string of the molecule is C.c1ccc(-c2cc(-c3ccc(-c4ccc(-c5sc6c(c(-c7ccccc7)nc7ccccc76)c5-c5ccccc5)cc4)cc3)nc(-c3ccccc3)n2)cc1.c1ccc(-c2cc(-c3cccc(-c4cccc(-c5sc6c(c(-c7ccccc7)nc7ccccc76)c5-c5ccccc5)c4)c3)nc(-c3ccccc3)n2)cc1. The monoisotopic (exact) mass is 1450 g/mol. The molecule has 0 unspecified atom stereocenters. The summed E-state index contributed by atoms with van der Waals surface area (Å²) < 4.78 is 2.51. The van der Waals surface area contributed by atoms with Crippen LogP contribution in [0.2, 0.25) is 0 Å². The van der Waals surface area contributed by atoms with Gasteiger partial charge < -0.3 is 0 Å². The van der Waals surface area contributed by atoms with Crippen molar-refractivity contribution in [2.75, 3.05) is 0 Å². The van der Waals surface area contributed by atoms with Crippen molar-refractivity contribution in [3.8, 4) is 156 Å². The van der Waals surface area contributed by atoms with Crippen molar-refractivity contribution >= 4 is 64.7 Å². The molecule has 0 fully saturated rings. The molecular formula is C103H70N6S2. The minimum atomic E-state index is 0. The van der Waals surface area contributed by atoms with Crippen molar-refractivity contribution in [1.29, 1.82) is 0 Å². The average Bonchev–Trinajstić information content (AvgIpc) is 1.59. The molecule has 524 valence electrons. The maximum absolute atomic E-state index is 5.32. The van der Waals surface area contributed by atoms with Crippen LogP contribution in [0.5, 0.6) is 0 Å². The molecule has 0 aliphatic rings. The number of para-hydroxylation sites is 2. The molecule has 8 heteroatoms. The first-order valence-corrected chi connectivity index (χ1v) is 38.5. The van der Waals surface area contributed by atoms with Crippen LogP contribution in [-0.2, 0) is 0 Å². The summed E-state index contributed by atoms with van der Waals surface area (Å²) in [5.74, 6) is 1.42. The van der Waals surface area contributed by atoms with Gasteiger partial charge in [0.25, 0.3) is 0 Å². The Bertz CT molecular complexity index is 6590. The van der Waals surface area contributed by atoms with E-state index in [2.05, 4.69) is 328 Å². The van der Waals surface area contributed by atoms with E-state index < -0.39 is 0 Å². The molecule has 0 N–H and O–H groups in total.